The fourth-order valence-corrected chi connectivity index (χ4v) is 4.24. The van der Waals surface area contributed by atoms with Gasteiger partial charge in [0.15, 0.2) is 17.3 Å². The molecule has 0 spiro atoms. The highest BCUT2D eigenvalue weighted by Crippen LogP contribution is 2.39. The van der Waals surface area contributed by atoms with Gasteiger partial charge in [0.05, 0.1) is 31.7 Å². The first-order valence-electron chi connectivity index (χ1n) is 11.4. The van der Waals surface area contributed by atoms with Gasteiger partial charge in [-0.05, 0) is 43.7 Å². The van der Waals surface area contributed by atoms with Crippen molar-refractivity contribution in [3.63, 3.8) is 0 Å². The molecule has 2 N–H and O–H groups in total. The maximum atomic E-state index is 13.6. The third-order valence-electron chi connectivity index (χ3n) is 6.05. The van der Waals surface area contributed by atoms with E-state index in [0.717, 1.165) is 16.7 Å². The normalized spacial score (nSPS) is 14.6. The van der Waals surface area contributed by atoms with Crippen LogP contribution in [0.15, 0.2) is 78.3 Å². The summed E-state index contributed by atoms with van der Waals surface area (Å²) in [6, 6.07) is 16.6. The molecule has 3 heterocycles. The molecule has 9 nitrogen and oxygen atoms in total. The fraction of sp³-hybridized carbons (Fsp3) is 0.185. The Morgan fingerprint density at radius 1 is 1.03 bits per heavy atom. The number of ether oxygens (including phenoxy) is 2. The maximum Gasteiger partial charge on any atom is 0.255 e. The first-order chi connectivity index (χ1) is 17.5. The molecule has 0 saturated carbocycles. The van der Waals surface area contributed by atoms with Crippen LogP contribution in [0, 0.1) is 6.92 Å². The van der Waals surface area contributed by atoms with Crippen LogP contribution in [-0.4, -0.2) is 39.9 Å². The molecule has 5 rings (SSSR count). The Labute approximate surface area is 208 Å². The van der Waals surface area contributed by atoms with E-state index in [-0.39, 0.29) is 5.91 Å². The number of anilines is 2. The van der Waals surface area contributed by atoms with Crippen LogP contribution in [-0.2, 0) is 4.79 Å². The summed E-state index contributed by atoms with van der Waals surface area (Å²) >= 11 is 0. The molecular weight excluding hydrogens is 456 g/mol. The Bertz CT molecular complexity index is 1440. The van der Waals surface area contributed by atoms with Crippen LogP contribution in [0.1, 0.15) is 24.1 Å². The number of carbonyl (C=O) groups excluding carboxylic acids is 1. The van der Waals surface area contributed by atoms with Crippen molar-refractivity contribution in [2.45, 2.75) is 19.9 Å². The predicted octanol–water partition coefficient (Wildman–Crippen LogP) is 4.59. The second-order valence-electron chi connectivity index (χ2n) is 8.45. The van der Waals surface area contributed by atoms with Gasteiger partial charge < -0.3 is 20.1 Å². The molecule has 0 aliphatic carbocycles. The van der Waals surface area contributed by atoms with Crippen molar-refractivity contribution in [1.29, 1.82) is 0 Å². The molecule has 182 valence electrons. The Morgan fingerprint density at radius 2 is 1.81 bits per heavy atom. The molecule has 1 aliphatic heterocycles. The van der Waals surface area contributed by atoms with Crippen LogP contribution in [0.3, 0.4) is 0 Å². The number of rotatable bonds is 6. The quantitative estimate of drug-likeness (QED) is 0.414. The van der Waals surface area contributed by atoms with Crippen molar-refractivity contribution in [1.82, 2.24) is 19.7 Å². The molecule has 4 aromatic rings. The van der Waals surface area contributed by atoms with Crippen LogP contribution >= 0.6 is 0 Å². The molecule has 0 radical (unpaired) electrons. The maximum absolute atomic E-state index is 13.6. The Kier molecular flexibility index (Phi) is 6.12. The van der Waals surface area contributed by atoms with E-state index < -0.39 is 6.04 Å². The number of methoxy groups -OCH3 is 2. The van der Waals surface area contributed by atoms with Crippen LogP contribution < -0.4 is 20.1 Å². The number of benzene rings is 2. The average molecular weight is 483 g/mol. The number of aromatic nitrogens is 4. The lowest BCUT2D eigenvalue weighted by molar-refractivity contribution is -0.113. The standard InChI is InChI=1S/C27H26N6O3/c1-16-7-9-18(10-8-16)25-31-27-29-17(2)23(26(34)30-20-6-5-13-28-15-20)24(33(27)32-25)19-11-12-21(35-3)22(14-19)36-4/h5-15,24H,1-4H3,(H,30,34)(H,29,31,32). The lowest BCUT2D eigenvalue weighted by Crippen LogP contribution is -2.31. The highest BCUT2D eigenvalue weighted by Gasteiger charge is 2.35. The largest absolute Gasteiger partial charge is 0.493 e. The average Bonchev–Trinajstić information content (AvgIpc) is 3.31. The van der Waals surface area contributed by atoms with E-state index in [1.165, 1.54) is 0 Å². The highest BCUT2D eigenvalue weighted by molar-refractivity contribution is 6.06. The number of allylic oxidation sites excluding steroid dienone is 1. The number of nitrogens with one attached hydrogen (secondary N) is 2. The molecule has 2 aromatic heterocycles. The van der Waals surface area contributed by atoms with Gasteiger partial charge >= 0.3 is 0 Å². The fourth-order valence-electron chi connectivity index (χ4n) is 4.24. The Balaban J connectivity index is 1.63. The van der Waals surface area contributed by atoms with E-state index >= 15 is 0 Å². The number of amides is 1. The number of carbonyl (C=O) groups is 1. The minimum atomic E-state index is -0.565. The first-order valence-corrected chi connectivity index (χ1v) is 11.4. The first kappa shape index (κ1) is 23.1. The van der Waals surface area contributed by atoms with Gasteiger partial charge in [-0.2, -0.15) is 4.98 Å². The van der Waals surface area contributed by atoms with Gasteiger partial charge in [0, 0.05) is 17.5 Å². The summed E-state index contributed by atoms with van der Waals surface area (Å²) in [7, 11) is 3.17. The van der Waals surface area contributed by atoms with Crippen molar-refractivity contribution in [3.8, 4) is 22.9 Å². The summed E-state index contributed by atoms with van der Waals surface area (Å²) in [6.45, 7) is 3.89. The molecule has 1 unspecified atom stereocenters. The number of hydrogen-bond donors (Lipinski definition) is 2. The lowest BCUT2D eigenvalue weighted by Gasteiger charge is -2.29. The summed E-state index contributed by atoms with van der Waals surface area (Å²) in [5, 5.41) is 11.0. The monoisotopic (exact) mass is 482 g/mol. The molecule has 0 bridgehead atoms. The molecule has 36 heavy (non-hydrogen) atoms. The number of fused-ring (bicyclic) bond motifs is 1. The molecular formula is C27H26N6O3. The SMILES string of the molecule is COc1ccc(C2C(C(=O)Nc3cccnc3)=C(C)Nc3nc(-c4ccc(C)cc4)nn32)cc1OC. The summed E-state index contributed by atoms with van der Waals surface area (Å²) in [5.41, 5.74) is 4.60. The Hall–Kier alpha value is -4.66. The predicted molar refractivity (Wildman–Crippen MR) is 137 cm³/mol. The zero-order chi connectivity index (χ0) is 25.2. The van der Waals surface area contributed by atoms with Gasteiger partial charge in [0.1, 0.15) is 6.04 Å². The molecule has 1 atom stereocenters. The summed E-state index contributed by atoms with van der Waals surface area (Å²) in [5.74, 6) is 1.98. The van der Waals surface area contributed by atoms with E-state index in [1.807, 2.05) is 56.3 Å². The van der Waals surface area contributed by atoms with E-state index in [4.69, 9.17) is 19.6 Å². The van der Waals surface area contributed by atoms with Crippen molar-refractivity contribution in [2.24, 2.45) is 0 Å². The Morgan fingerprint density at radius 3 is 2.50 bits per heavy atom. The smallest absolute Gasteiger partial charge is 0.255 e. The zero-order valence-corrected chi connectivity index (χ0v) is 20.4. The van der Waals surface area contributed by atoms with Gasteiger partial charge in [-0.3, -0.25) is 9.78 Å². The number of pyridine rings is 1. The van der Waals surface area contributed by atoms with Gasteiger partial charge in [-0.1, -0.05) is 35.9 Å². The van der Waals surface area contributed by atoms with Gasteiger partial charge in [0.2, 0.25) is 5.95 Å². The zero-order valence-electron chi connectivity index (χ0n) is 20.4. The number of hydrogen-bond acceptors (Lipinski definition) is 7. The lowest BCUT2D eigenvalue weighted by atomic mass is 9.94. The highest BCUT2D eigenvalue weighted by atomic mass is 16.5. The van der Waals surface area contributed by atoms with Gasteiger partial charge in [-0.15, -0.1) is 5.10 Å². The van der Waals surface area contributed by atoms with E-state index in [0.29, 0.717) is 40.2 Å². The third kappa shape index (κ3) is 4.26. The van der Waals surface area contributed by atoms with Gasteiger partial charge in [0.25, 0.3) is 5.91 Å². The summed E-state index contributed by atoms with van der Waals surface area (Å²) in [4.78, 5) is 22.4. The molecule has 2 aromatic carbocycles. The molecule has 0 fully saturated rings. The van der Waals surface area contributed by atoms with Crippen LogP contribution in [0.25, 0.3) is 11.4 Å². The molecule has 1 amide bonds. The van der Waals surface area contributed by atoms with E-state index in [2.05, 4.69) is 15.6 Å². The van der Waals surface area contributed by atoms with E-state index in [1.54, 1.807) is 43.4 Å². The van der Waals surface area contributed by atoms with Crippen molar-refractivity contribution in [3.05, 3.63) is 89.4 Å². The van der Waals surface area contributed by atoms with Crippen molar-refractivity contribution >= 4 is 17.5 Å². The molecule has 0 saturated heterocycles. The molecule has 9 heteroatoms. The number of aryl methyl sites for hydroxylation is 1. The van der Waals surface area contributed by atoms with Crippen molar-refractivity contribution in [2.75, 3.05) is 24.9 Å². The van der Waals surface area contributed by atoms with Crippen LogP contribution in [0.4, 0.5) is 11.6 Å². The molecule has 1 aliphatic rings. The number of nitrogens with zero attached hydrogens (tertiary/aromatic N) is 4. The summed E-state index contributed by atoms with van der Waals surface area (Å²) in [6.07, 6.45) is 3.26. The van der Waals surface area contributed by atoms with Crippen molar-refractivity contribution < 1.29 is 14.3 Å². The van der Waals surface area contributed by atoms with Crippen LogP contribution in [0.5, 0.6) is 11.5 Å². The minimum Gasteiger partial charge on any atom is -0.493 e. The van der Waals surface area contributed by atoms with E-state index in [9.17, 15) is 4.79 Å². The van der Waals surface area contributed by atoms with Gasteiger partial charge in [-0.25, -0.2) is 4.68 Å². The topological polar surface area (TPSA) is 103 Å². The second-order valence-corrected chi connectivity index (χ2v) is 8.45. The van der Waals surface area contributed by atoms with Crippen LogP contribution in [0.2, 0.25) is 0 Å². The summed E-state index contributed by atoms with van der Waals surface area (Å²) < 4.78 is 12.7. The minimum absolute atomic E-state index is 0.272. The third-order valence-corrected chi connectivity index (χ3v) is 6.05. The second kappa shape index (κ2) is 9.53.